The predicted octanol–water partition coefficient (Wildman–Crippen LogP) is 2.59. The lowest BCUT2D eigenvalue weighted by Gasteiger charge is -2.08. The molecule has 2 aromatic carbocycles. The molecule has 4 N–H and O–H groups in total. The monoisotopic (exact) mass is 300 g/mol. The summed E-state index contributed by atoms with van der Waals surface area (Å²) in [4.78, 5) is 12.2. The topological polar surface area (TPSA) is 111 Å². The summed E-state index contributed by atoms with van der Waals surface area (Å²) in [6, 6.07) is 7.06. The van der Waals surface area contributed by atoms with Crippen LogP contribution in [0.3, 0.4) is 0 Å². The highest BCUT2D eigenvalue weighted by molar-refractivity contribution is 5.83. The molecule has 0 saturated carbocycles. The van der Waals surface area contributed by atoms with Gasteiger partial charge in [-0.1, -0.05) is 6.07 Å². The smallest absolute Gasteiger partial charge is 0.235 e. The fourth-order valence-electron chi connectivity index (χ4n) is 2.22. The molecule has 6 nitrogen and oxygen atoms in total. The van der Waals surface area contributed by atoms with Gasteiger partial charge in [0, 0.05) is 5.56 Å². The third-order valence-electron chi connectivity index (χ3n) is 3.36. The normalized spacial score (nSPS) is 11.0. The van der Waals surface area contributed by atoms with Gasteiger partial charge in [0.2, 0.25) is 11.2 Å². The first-order valence-corrected chi connectivity index (χ1v) is 6.40. The maximum atomic E-state index is 12.2. The van der Waals surface area contributed by atoms with Crippen molar-refractivity contribution in [2.45, 2.75) is 6.92 Å². The first-order chi connectivity index (χ1) is 10.4. The zero-order chi connectivity index (χ0) is 16.0. The van der Waals surface area contributed by atoms with Gasteiger partial charge in [-0.05, 0) is 36.8 Å². The van der Waals surface area contributed by atoms with Crippen molar-refractivity contribution in [1.82, 2.24) is 0 Å². The average molecular weight is 300 g/mol. The largest absolute Gasteiger partial charge is 0.504 e. The van der Waals surface area contributed by atoms with Crippen molar-refractivity contribution in [2.75, 3.05) is 0 Å². The van der Waals surface area contributed by atoms with Gasteiger partial charge in [0.1, 0.15) is 5.58 Å². The second-order valence-electron chi connectivity index (χ2n) is 4.97. The molecule has 6 heteroatoms. The Labute approximate surface area is 124 Å². The fourth-order valence-corrected chi connectivity index (χ4v) is 2.22. The second-order valence-corrected chi connectivity index (χ2v) is 4.97. The van der Waals surface area contributed by atoms with Crippen LogP contribution < -0.4 is 5.43 Å². The molecule has 0 aliphatic carbocycles. The Bertz CT molecular complexity index is 932. The number of benzene rings is 2. The Balaban J connectivity index is 2.36. The Kier molecular flexibility index (Phi) is 2.95. The lowest BCUT2D eigenvalue weighted by Crippen LogP contribution is -2.02. The first-order valence-electron chi connectivity index (χ1n) is 6.40. The number of phenolic OH excluding ortho intramolecular Hbond substituents is 3. The summed E-state index contributed by atoms with van der Waals surface area (Å²) < 4.78 is 5.54. The van der Waals surface area contributed by atoms with Crippen LogP contribution in [0.1, 0.15) is 5.56 Å². The maximum Gasteiger partial charge on any atom is 0.235 e. The Morgan fingerprint density at radius 1 is 0.909 bits per heavy atom. The number of aromatic hydroxyl groups is 4. The van der Waals surface area contributed by atoms with Gasteiger partial charge in [-0.2, -0.15) is 0 Å². The number of hydrogen-bond donors (Lipinski definition) is 4. The van der Waals surface area contributed by atoms with Gasteiger partial charge in [0.15, 0.2) is 23.0 Å². The quantitative estimate of drug-likeness (QED) is 0.514. The van der Waals surface area contributed by atoms with Gasteiger partial charge in [-0.3, -0.25) is 4.79 Å². The van der Waals surface area contributed by atoms with Crippen LogP contribution in [-0.4, -0.2) is 20.4 Å². The van der Waals surface area contributed by atoms with Crippen LogP contribution in [0.15, 0.2) is 39.5 Å². The molecule has 0 amide bonds. The minimum atomic E-state index is -0.692. The SMILES string of the molecule is Cc1ccc2c(=O)c(O)c(-c3cc(O)c(O)c(O)c3)oc2c1. The number of rotatable bonds is 1. The van der Waals surface area contributed by atoms with E-state index in [4.69, 9.17) is 4.42 Å². The molecule has 0 bridgehead atoms. The highest BCUT2D eigenvalue weighted by atomic mass is 16.4. The molecule has 1 heterocycles. The van der Waals surface area contributed by atoms with Crippen molar-refractivity contribution in [3.8, 4) is 34.3 Å². The maximum absolute atomic E-state index is 12.2. The van der Waals surface area contributed by atoms with E-state index in [2.05, 4.69) is 0 Å². The van der Waals surface area contributed by atoms with Crippen LogP contribution in [0.5, 0.6) is 23.0 Å². The summed E-state index contributed by atoms with van der Waals surface area (Å²) in [5.41, 5.74) is 0.572. The molecule has 0 spiro atoms. The summed E-state index contributed by atoms with van der Waals surface area (Å²) in [5, 5.41) is 38.7. The molecule has 0 radical (unpaired) electrons. The van der Waals surface area contributed by atoms with Crippen LogP contribution in [0, 0.1) is 6.92 Å². The second kappa shape index (κ2) is 4.70. The zero-order valence-corrected chi connectivity index (χ0v) is 11.5. The Hall–Kier alpha value is -3.15. The molecule has 3 aromatic rings. The molecule has 0 saturated heterocycles. The Morgan fingerprint density at radius 3 is 2.18 bits per heavy atom. The molecule has 0 fully saturated rings. The van der Waals surface area contributed by atoms with Gasteiger partial charge in [-0.25, -0.2) is 0 Å². The number of hydrogen-bond acceptors (Lipinski definition) is 6. The molecular weight excluding hydrogens is 288 g/mol. The summed E-state index contributed by atoms with van der Waals surface area (Å²) in [5.74, 6) is -2.72. The first kappa shape index (κ1) is 13.8. The van der Waals surface area contributed by atoms with E-state index in [1.807, 2.05) is 6.92 Å². The molecule has 1 aromatic heterocycles. The number of phenols is 3. The average Bonchev–Trinajstić information content (AvgIpc) is 2.47. The van der Waals surface area contributed by atoms with Crippen LogP contribution in [0.25, 0.3) is 22.3 Å². The van der Waals surface area contributed by atoms with Gasteiger partial charge < -0.3 is 24.8 Å². The van der Waals surface area contributed by atoms with Crippen molar-refractivity contribution >= 4 is 11.0 Å². The van der Waals surface area contributed by atoms with E-state index in [1.54, 1.807) is 18.2 Å². The van der Waals surface area contributed by atoms with E-state index in [1.165, 1.54) is 0 Å². The van der Waals surface area contributed by atoms with Crippen LogP contribution >= 0.6 is 0 Å². The molecule has 0 aliphatic rings. The van der Waals surface area contributed by atoms with Gasteiger partial charge in [0.05, 0.1) is 5.39 Å². The lowest BCUT2D eigenvalue weighted by molar-refractivity contribution is 0.368. The van der Waals surface area contributed by atoms with E-state index in [-0.39, 0.29) is 22.3 Å². The molecule has 0 atom stereocenters. The molecule has 0 unspecified atom stereocenters. The predicted molar refractivity (Wildman–Crippen MR) is 79.3 cm³/mol. The van der Waals surface area contributed by atoms with Crippen molar-refractivity contribution < 1.29 is 24.8 Å². The lowest BCUT2D eigenvalue weighted by atomic mass is 10.1. The van der Waals surface area contributed by atoms with Crippen molar-refractivity contribution in [3.05, 3.63) is 46.1 Å². The number of aryl methyl sites for hydroxylation is 1. The van der Waals surface area contributed by atoms with Crippen molar-refractivity contribution in [2.24, 2.45) is 0 Å². The third-order valence-corrected chi connectivity index (χ3v) is 3.36. The third kappa shape index (κ3) is 2.01. The minimum Gasteiger partial charge on any atom is -0.504 e. The molecule has 22 heavy (non-hydrogen) atoms. The fraction of sp³-hybridized carbons (Fsp3) is 0.0625. The van der Waals surface area contributed by atoms with E-state index in [9.17, 15) is 25.2 Å². The van der Waals surface area contributed by atoms with E-state index in [0.717, 1.165) is 17.7 Å². The van der Waals surface area contributed by atoms with E-state index in [0.29, 0.717) is 0 Å². The summed E-state index contributed by atoms with van der Waals surface area (Å²) in [6.07, 6.45) is 0. The number of fused-ring (bicyclic) bond motifs is 1. The van der Waals surface area contributed by atoms with Crippen molar-refractivity contribution in [3.63, 3.8) is 0 Å². The molecular formula is C16H12O6. The van der Waals surface area contributed by atoms with Crippen LogP contribution in [0.4, 0.5) is 0 Å². The zero-order valence-electron chi connectivity index (χ0n) is 11.5. The van der Waals surface area contributed by atoms with Crippen LogP contribution in [0.2, 0.25) is 0 Å². The van der Waals surface area contributed by atoms with Gasteiger partial charge in [0.25, 0.3) is 0 Å². The van der Waals surface area contributed by atoms with Gasteiger partial charge >= 0.3 is 0 Å². The summed E-state index contributed by atoms with van der Waals surface area (Å²) in [6.45, 7) is 1.82. The molecule has 112 valence electrons. The highest BCUT2D eigenvalue weighted by Gasteiger charge is 2.18. The van der Waals surface area contributed by atoms with E-state index >= 15 is 0 Å². The highest BCUT2D eigenvalue weighted by Crippen LogP contribution is 2.41. The van der Waals surface area contributed by atoms with Crippen molar-refractivity contribution in [1.29, 1.82) is 0 Å². The minimum absolute atomic E-state index is 0.0609. The van der Waals surface area contributed by atoms with Crippen LogP contribution in [-0.2, 0) is 0 Å². The molecule has 0 aliphatic heterocycles. The molecule has 3 rings (SSSR count). The van der Waals surface area contributed by atoms with Gasteiger partial charge in [-0.15, -0.1) is 0 Å². The summed E-state index contributed by atoms with van der Waals surface area (Å²) >= 11 is 0. The van der Waals surface area contributed by atoms with E-state index < -0.39 is 28.4 Å². The standard InChI is InChI=1S/C16H12O6/c1-7-2-3-9-12(4-7)22-16(15(21)13(9)19)8-5-10(17)14(20)11(18)6-8/h2-6,17-18,20-21H,1H3. The Morgan fingerprint density at radius 2 is 1.55 bits per heavy atom. The summed E-state index contributed by atoms with van der Waals surface area (Å²) in [7, 11) is 0.